The van der Waals surface area contributed by atoms with Crippen molar-refractivity contribution in [3.8, 4) is 5.75 Å². The number of ether oxygens (including phenoxy) is 2. The van der Waals surface area contributed by atoms with Gasteiger partial charge in [0.05, 0.1) is 18.3 Å². The number of rotatable bonds is 14. The molecule has 45 heavy (non-hydrogen) atoms. The molecule has 0 aliphatic heterocycles. The number of benzene rings is 2. The number of carbonyl (C=O) groups is 2. The minimum Gasteiger partial charge on any atom is -0.489 e. The van der Waals surface area contributed by atoms with Crippen LogP contribution in [0.1, 0.15) is 99.5 Å². The number of nitrogens with one attached hydrogen (secondary N) is 1. The first kappa shape index (κ1) is 34.2. The summed E-state index contributed by atoms with van der Waals surface area (Å²) >= 11 is 1.68. The Morgan fingerprint density at radius 3 is 2.36 bits per heavy atom. The highest BCUT2D eigenvalue weighted by Crippen LogP contribution is 2.32. The fraction of sp³-hybridized carbons (Fsp3) is 0.447. The number of esters is 1. The van der Waals surface area contributed by atoms with Crippen molar-refractivity contribution in [2.75, 3.05) is 6.61 Å². The van der Waals surface area contributed by atoms with E-state index in [4.69, 9.17) is 14.5 Å². The van der Waals surface area contributed by atoms with E-state index in [1.165, 1.54) is 11.3 Å². The minimum atomic E-state index is -0.311. The van der Waals surface area contributed by atoms with Crippen molar-refractivity contribution < 1.29 is 19.1 Å². The van der Waals surface area contributed by atoms with E-state index in [2.05, 4.69) is 43.4 Å². The molecule has 0 bridgehead atoms. The lowest BCUT2D eigenvalue weighted by atomic mass is 9.88. The van der Waals surface area contributed by atoms with Gasteiger partial charge in [-0.25, -0.2) is 9.78 Å². The van der Waals surface area contributed by atoms with Gasteiger partial charge in [0.15, 0.2) is 0 Å². The molecule has 1 atom stereocenters. The second-order valence-corrected chi connectivity index (χ2v) is 13.5. The number of hydrogen-bond acceptors (Lipinski definition) is 6. The van der Waals surface area contributed by atoms with Gasteiger partial charge in [-0.15, -0.1) is 11.3 Å². The summed E-state index contributed by atoms with van der Waals surface area (Å²) in [5, 5.41) is 4.31. The molecule has 1 N–H and O–H groups in total. The standard InChI is InChI=1S/C38H48N2O4S/c1-6-43-38(42)28(5)22-27(4)23-33-35(21-26(2)3)45-37(40-33)34(39-36(41)31-15-11-8-12-16-31)24-29-17-19-32(20-18-29)44-25-30-13-9-7-10-14-30/h7,9-10,13-14,17-20,22-23,26,31,34H,6,8,11-12,15-16,21,24-25H2,1-5H3,(H,39,41)/t34-/m0/s1. The molecule has 6 nitrogen and oxygen atoms in total. The molecular formula is C38H48N2O4S. The third-order valence-electron chi connectivity index (χ3n) is 7.95. The zero-order valence-corrected chi connectivity index (χ0v) is 28.3. The van der Waals surface area contributed by atoms with Crippen molar-refractivity contribution in [2.24, 2.45) is 11.8 Å². The molecule has 4 rings (SSSR count). The van der Waals surface area contributed by atoms with Crippen LogP contribution >= 0.6 is 11.3 Å². The number of carbonyl (C=O) groups excluding carboxylic acids is 2. The molecule has 1 aliphatic carbocycles. The lowest BCUT2D eigenvalue weighted by molar-refractivity contribution is -0.138. The summed E-state index contributed by atoms with van der Waals surface area (Å²) in [5.74, 6) is 1.13. The van der Waals surface area contributed by atoms with Crippen LogP contribution in [0.4, 0.5) is 0 Å². The van der Waals surface area contributed by atoms with Gasteiger partial charge in [-0.3, -0.25) is 4.79 Å². The summed E-state index contributed by atoms with van der Waals surface area (Å²) < 4.78 is 11.2. The molecule has 1 aromatic heterocycles. The Bertz CT molecular complexity index is 1450. The monoisotopic (exact) mass is 628 g/mol. The van der Waals surface area contributed by atoms with E-state index < -0.39 is 0 Å². The molecule has 0 saturated heterocycles. The van der Waals surface area contributed by atoms with Gasteiger partial charge in [-0.05, 0) is 93.4 Å². The summed E-state index contributed by atoms with van der Waals surface area (Å²) in [6.07, 6.45) is 10.7. The van der Waals surface area contributed by atoms with Crippen LogP contribution in [0.3, 0.4) is 0 Å². The summed E-state index contributed by atoms with van der Waals surface area (Å²) in [6, 6.07) is 18.0. The smallest absolute Gasteiger partial charge is 0.333 e. The van der Waals surface area contributed by atoms with Crippen LogP contribution in [0.5, 0.6) is 5.75 Å². The molecule has 7 heteroatoms. The van der Waals surface area contributed by atoms with Crippen LogP contribution in [-0.4, -0.2) is 23.5 Å². The van der Waals surface area contributed by atoms with Crippen molar-refractivity contribution >= 4 is 29.3 Å². The van der Waals surface area contributed by atoms with Crippen molar-refractivity contribution in [3.63, 3.8) is 0 Å². The molecule has 240 valence electrons. The van der Waals surface area contributed by atoms with E-state index >= 15 is 0 Å². The number of amides is 1. The molecule has 1 aliphatic rings. The Hall–Kier alpha value is -3.71. The lowest BCUT2D eigenvalue weighted by Crippen LogP contribution is -2.35. The van der Waals surface area contributed by atoms with Crippen LogP contribution in [0.25, 0.3) is 6.08 Å². The molecule has 0 unspecified atom stereocenters. The summed E-state index contributed by atoms with van der Waals surface area (Å²) in [6.45, 7) is 10.8. The number of thiazole rings is 1. The van der Waals surface area contributed by atoms with Gasteiger partial charge >= 0.3 is 5.97 Å². The van der Waals surface area contributed by atoms with Crippen molar-refractivity contribution in [2.45, 2.75) is 92.2 Å². The second-order valence-electron chi connectivity index (χ2n) is 12.4. The van der Waals surface area contributed by atoms with E-state index in [1.807, 2.05) is 49.4 Å². The van der Waals surface area contributed by atoms with Crippen molar-refractivity contribution in [1.29, 1.82) is 0 Å². The molecule has 0 spiro atoms. The average Bonchev–Trinajstić information content (AvgIpc) is 3.42. The Kier molecular flexibility index (Phi) is 13.0. The number of allylic oxidation sites excluding steroid dienone is 2. The van der Waals surface area contributed by atoms with E-state index in [0.717, 1.165) is 65.3 Å². The SMILES string of the molecule is CCOC(=O)C(C)=CC(C)=Cc1nc([C@H](Cc2ccc(OCc3ccccc3)cc2)NC(=O)C2CCCCC2)sc1CC(C)C. The molecule has 1 fully saturated rings. The fourth-order valence-electron chi connectivity index (χ4n) is 5.62. The first-order chi connectivity index (χ1) is 21.7. The van der Waals surface area contributed by atoms with Gasteiger partial charge < -0.3 is 14.8 Å². The van der Waals surface area contributed by atoms with Crippen LogP contribution in [0, 0.1) is 11.8 Å². The highest BCUT2D eigenvalue weighted by Gasteiger charge is 2.27. The zero-order valence-electron chi connectivity index (χ0n) is 27.4. The van der Waals surface area contributed by atoms with Crippen molar-refractivity contribution in [1.82, 2.24) is 10.3 Å². The average molecular weight is 629 g/mol. The maximum absolute atomic E-state index is 13.5. The normalized spacial score (nSPS) is 15.2. The summed E-state index contributed by atoms with van der Waals surface area (Å²) in [5.41, 5.74) is 4.62. The Labute approximate surface area is 273 Å². The van der Waals surface area contributed by atoms with Crippen LogP contribution in [-0.2, 0) is 33.8 Å². The van der Waals surface area contributed by atoms with E-state index in [9.17, 15) is 9.59 Å². The molecule has 1 amide bonds. The van der Waals surface area contributed by atoms with Crippen molar-refractivity contribution in [3.05, 3.63) is 98.5 Å². The van der Waals surface area contributed by atoms with Gasteiger partial charge in [0.25, 0.3) is 0 Å². The van der Waals surface area contributed by atoms with Crippen LogP contribution in [0.2, 0.25) is 0 Å². The third kappa shape index (κ3) is 10.7. The first-order valence-electron chi connectivity index (χ1n) is 16.3. The largest absolute Gasteiger partial charge is 0.489 e. The minimum absolute atomic E-state index is 0.0581. The first-order valence-corrected chi connectivity index (χ1v) is 17.1. The maximum Gasteiger partial charge on any atom is 0.333 e. The van der Waals surface area contributed by atoms with Crippen LogP contribution < -0.4 is 10.1 Å². The maximum atomic E-state index is 13.5. The zero-order chi connectivity index (χ0) is 32.2. The Balaban J connectivity index is 1.59. The van der Waals surface area contributed by atoms with Gasteiger partial charge in [0, 0.05) is 16.4 Å². The molecule has 2 aromatic carbocycles. The second kappa shape index (κ2) is 17.1. The quantitative estimate of drug-likeness (QED) is 0.110. The van der Waals surface area contributed by atoms with Gasteiger partial charge in [0.2, 0.25) is 5.91 Å². The number of hydrogen-bond donors (Lipinski definition) is 1. The molecular weight excluding hydrogens is 580 g/mol. The molecule has 1 saturated carbocycles. The Morgan fingerprint density at radius 2 is 1.69 bits per heavy atom. The van der Waals surface area contributed by atoms with Crippen LogP contribution in [0.15, 0.2) is 71.8 Å². The van der Waals surface area contributed by atoms with Gasteiger partial charge in [-0.2, -0.15) is 0 Å². The molecule has 1 heterocycles. The van der Waals surface area contributed by atoms with Gasteiger partial charge in [0.1, 0.15) is 17.4 Å². The predicted molar refractivity (Wildman–Crippen MR) is 183 cm³/mol. The lowest BCUT2D eigenvalue weighted by Gasteiger charge is -2.24. The summed E-state index contributed by atoms with van der Waals surface area (Å²) in [7, 11) is 0. The molecule has 3 aromatic rings. The topological polar surface area (TPSA) is 77.5 Å². The highest BCUT2D eigenvalue weighted by atomic mass is 32.1. The Morgan fingerprint density at radius 1 is 0.978 bits per heavy atom. The van der Waals surface area contributed by atoms with E-state index in [1.54, 1.807) is 25.2 Å². The summed E-state index contributed by atoms with van der Waals surface area (Å²) in [4.78, 5) is 32.0. The molecule has 0 radical (unpaired) electrons. The third-order valence-corrected chi connectivity index (χ3v) is 9.15. The van der Waals surface area contributed by atoms with E-state index in [0.29, 0.717) is 31.1 Å². The predicted octanol–water partition coefficient (Wildman–Crippen LogP) is 8.81. The highest BCUT2D eigenvalue weighted by molar-refractivity contribution is 7.11. The van der Waals surface area contributed by atoms with E-state index in [-0.39, 0.29) is 23.8 Å². The number of nitrogens with zero attached hydrogens (tertiary/aromatic N) is 1. The fourth-order valence-corrected chi connectivity index (χ4v) is 6.92. The number of aromatic nitrogens is 1. The van der Waals surface area contributed by atoms with Gasteiger partial charge in [-0.1, -0.05) is 75.6 Å².